The molecule has 0 unspecified atom stereocenters. The molecule has 5 nitrogen and oxygen atoms in total. The van der Waals surface area contributed by atoms with Crippen LogP contribution in [0, 0.1) is 0 Å². The van der Waals surface area contributed by atoms with Gasteiger partial charge < -0.3 is 20.1 Å². The SMILES string of the molecule is CNCCCNC(=O)COCCOC. The summed E-state index contributed by atoms with van der Waals surface area (Å²) in [5.41, 5.74) is 0. The van der Waals surface area contributed by atoms with Gasteiger partial charge in [-0.25, -0.2) is 0 Å². The van der Waals surface area contributed by atoms with E-state index in [1.807, 2.05) is 7.05 Å². The Morgan fingerprint density at radius 2 is 2.07 bits per heavy atom. The highest BCUT2D eigenvalue weighted by molar-refractivity contribution is 5.77. The van der Waals surface area contributed by atoms with E-state index in [0.29, 0.717) is 19.8 Å². The number of amides is 1. The lowest BCUT2D eigenvalue weighted by atomic mass is 10.4. The second kappa shape index (κ2) is 10.4. The monoisotopic (exact) mass is 204 g/mol. The van der Waals surface area contributed by atoms with Gasteiger partial charge in [0.2, 0.25) is 5.91 Å². The molecule has 0 heterocycles. The predicted octanol–water partition coefficient (Wildman–Crippen LogP) is -0.625. The maximum atomic E-state index is 11.1. The summed E-state index contributed by atoms with van der Waals surface area (Å²) in [6, 6.07) is 0. The van der Waals surface area contributed by atoms with Crippen LogP contribution in [0.25, 0.3) is 0 Å². The Morgan fingerprint density at radius 1 is 1.29 bits per heavy atom. The normalized spacial score (nSPS) is 10.1. The molecule has 0 aliphatic heterocycles. The molecule has 0 spiro atoms. The van der Waals surface area contributed by atoms with Gasteiger partial charge >= 0.3 is 0 Å². The number of hydrogen-bond donors (Lipinski definition) is 2. The molecule has 14 heavy (non-hydrogen) atoms. The summed E-state index contributed by atoms with van der Waals surface area (Å²) in [6.07, 6.45) is 0.931. The van der Waals surface area contributed by atoms with Crippen LogP contribution in [0.1, 0.15) is 6.42 Å². The molecule has 0 atom stereocenters. The van der Waals surface area contributed by atoms with Crippen LogP contribution >= 0.6 is 0 Å². The van der Waals surface area contributed by atoms with Crippen molar-refractivity contribution >= 4 is 5.91 Å². The fraction of sp³-hybridized carbons (Fsp3) is 0.889. The van der Waals surface area contributed by atoms with Gasteiger partial charge in [-0.3, -0.25) is 4.79 Å². The van der Waals surface area contributed by atoms with Gasteiger partial charge in [-0.1, -0.05) is 0 Å². The van der Waals surface area contributed by atoms with Crippen LogP contribution < -0.4 is 10.6 Å². The first-order chi connectivity index (χ1) is 6.81. The van der Waals surface area contributed by atoms with Crippen LogP contribution in [-0.2, 0) is 14.3 Å². The second-order valence-corrected chi connectivity index (χ2v) is 2.85. The quantitative estimate of drug-likeness (QED) is 0.491. The van der Waals surface area contributed by atoms with Crippen molar-refractivity contribution in [3.63, 3.8) is 0 Å². The number of carbonyl (C=O) groups excluding carboxylic acids is 1. The molecule has 0 saturated heterocycles. The average molecular weight is 204 g/mol. The lowest BCUT2D eigenvalue weighted by Gasteiger charge is -2.05. The first kappa shape index (κ1) is 13.4. The zero-order valence-electron chi connectivity index (χ0n) is 8.97. The summed E-state index contributed by atoms with van der Waals surface area (Å²) in [7, 11) is 3.48. The van der Waals surface area contributed by atoms with E-state index >= 15 is 0 Å². The van der Waals surface area contributed by atoms with Crippen LogP contribution in [0.5, 0.6) is 0 Å². The standard InChI is InChI=1S/C9H20N2O3/c1-10-4-3-5-11-9(12)8-14-7-6-13-2/h10H,3-8H2,1-2H3,(H,11,12). The highest BCUT2D eigenvalue weighted by Gasteiger charge is 1.99. The van der Waals surface area contributed by atoms with Crippen molar-refractivity contribution in [3.05, 3.63) is 0 Å². The van der Waals surface area contributed by atoms with E-state index in [9.17, 15) is 4.79 Å². The minimum atomic E-state index is -0.0720. The third kappa shape index (κ3) is 9.44. The fourth-order valence-electron chi connectivity index (χ4n) is 0.851. The third-order valence-corrected chi connectivity index (χ3v) is 1.59. The summed E-state index contributed by atoms with van der Waals surface area (Å²) in [6.45, 7) is 2.69. The van der Waals surface area contributed by atoms with Crippen LogP contribution in [-0.4, -0.2) is 53.0 Å². The van der Waals surface area contributed by atoms with E-state index in [1.54, 1.807) is 7.11 Å². The molecular formula is C9H20N2O3. The Labute approximate surface area is 85.1 Å². The van der Waals surface area contributed by atoms with Gasteiger partial charge in [0.25, 0.3) is 0 Å². The van der Waals surface area contributed by atoms with Crippen LogP contribution in [0.15, 0.2) is 0 Å². The van der Waals surface area contributed by atoms with Crippen molar-refractivity contribution in [2.24, 2.45) is 0 Å². The molecule has 0 aromatic carbocycles. The minimum Gasteiger partial charge on any atom is -0.382 e. The Morgan fingerprint density at radius 3 is 2.71 bits per heavy atom. The van der Waals surface area contributed by atoms with Crippen molar-refractivity contribution in [1.29, 1.82) is 0 Å². The van der Waals surface area contributed by atoms with Gasteiger partial charge in [0.15, 0.2) is 0 Å². The van der Waals surface area contributed by atoms with Crippen LogP contribution in [0.3, 0.4) is 0 Å². The molecular weight excluding hydrogens is 184 g/mol. The van der Waals surface area contributed by atoms with Gasteiger partial charge in [-0.2, -0.15) is 0 Å². The molecule has 0 aromatic heterocycles. The van der Waals surface area contributed by atoms with Crippen molar-refractivity contribution in [2.75, 3.05) is 47.1 Å². The molecule has 5 heteroatoms. The molecule has 84 valence electrons. The van der Waals surface area contributed by atoms with Crippen LogP contribution in [0.4, 0.5) is 0 Å². The molecule has 0 bridgehead atoms. The van der Waals surface area contributed by atoms with Gasteiger partial charge in [0.1, 0.15) is 6.61 Å². The van der Waals surface area contributed by atoms with Gasteiger partial charge in [-0.15, -0.1) is 0 Å². The average Bonchev–Trinajstić information content (AvgIpc) is 2.19. The smallest absolute Gasteiger partial charge is 0.246 e. The number of hydrogen-bond acceptors (Lipinski definition) is 4. The van der Waals surface area contributed by atoms with Gasteiger partial charge in [-0.05, 0) is 20.0 Å². The lowest BCUT2D eigenvalue weighted by molar-refractivity contribution is -0.126. The molecule has 0 aliphatic rings. The van der Waals surface area contributed by atoms with E-state index in [2.05, 4.69) is 10.6 Å². The maximum absolute atomic E-state index is 11.1. The Bertz CT molecular complexity index is 128. The number of nitrogens with one attached hydrogen (secondary N) is 2. The molecule has 0 rings (SSSR count). The number of methoxy groups -OCH3 is 1. The molecule has 1 amide bonds. The van der Waals surface area contributed by atoms with Crippen molar-refractivity contribution < 1.29 is 14.3 Å². The first-order valence-corrected chi connectivity index (χ1v) is 4.79. The van der Waals surface area contributed by atoms with E-state index in [0.717, 1.165) is 13.0 Å². The second-order valence-electron chi connectivity index (χ2n) is 2.85. The molecule has 0 radical (unpaired) electrons. The van der Waals surface area contributed by atoms with E-state index in [4.69, 9.17) is 9.47 Å². The Balaban J connectivity index is 3.11. The maximum Gasteiger partial charge on any atom is 0.246 e. The lowest BCUT2D eigenvalue weighted by Crippen LogP contribution is -2.30. The minimum absolute atomic E-state index is 0.0720. The predicted molar refractivity (Wildman–Crippen MR) is 54.2 cm³/mol. The Kier molecular flexibility index (Phi) is 9.95. The fourth-order valence-corrected chi connectivity index (χ4v) is 0.851. The van der Waals surface area contributed by atoms with Crippen molar-refractivity contribution in [3.8, 4) is 0 Å². The highest BCUT2D eigenvalue weighted by Crippen LogP contribution is 1.78. The zero-order chi connectivity index (χ0) is 10.6. The molecule has 0 aliphatic carbocycles. The van der Waals surface area contributed by atoms with Crippen molar-refractivity contribution in [2.45, 2.75) is 6.42 Å². The summed E-state index contributed by atoms with van der Waals surface area (Å²) in [4.78, 5) is 11.1. The van der Waals surface area contributed by atoms with Gasteiger partial charge in [0.05, 0.1) is 13.2 Å². The molecule has 0 aromatic rings. The third-order valence-electron chi connectivity index (χ3n) is 1.59. The van der Waals surface area contributed by atoms with E-state index < -0.39 is 0 Å². The highest BCUT2D eigenvalue weighted by atomic mass is 16.5. The molecule has 0 fully saturated rings. The topological polar surface area (TPSA) is 59.6 Å². The summed E-state index contributed by atoms with van der Waals surface area (Å²) >= 11 is 0. The molecule has 2 N–H and O–H groups in total. The number of carbonyl (C=O) groups is 1. The van der Waals surface area contributed by atoms with E-state index in [-0.39, 0.29) is 12.5 Å². The largest absolute Gasteiger partial charge is 0.382 e. The summed E-state index contributed by atoms with van der Waals surface area (Å²) in [5.74, 6) is -0.0720. The first-order valence-electron chi connectivity index (χ1n) is 4.79. The van der Waals surface area contributed by atoms with E-state index in [1.165, 1.54) is 0 Å². The Hall–Kier alpha value is -0.650. The number of ether oxygens (including phenoxy) is 2. The van der Waals surface area contributed by atoms with Crippen LogP contribution in [0.2, 0.25) is 0 Å². The molecule has 0 saturated carbocycles. The summed E-state index contributed by atoms with van der Waals surface area (Å²) < 4.78 is 9.81. The van der Waals surface area contributed by atoms with Crippen molar-refractivity contribution in [1.82, 2.24) is 10.6 Å². The van der Waals surface area contributed by atoms with Gasteiger partial charge in [0, 0.05) is 13.7 Å². The zero-order valence-corrected chi connectivity index (χ0v) is 8.97. The number of rotatable bonds is 9. The summed E-state index contributed by atoms with van der Waals surface area (Å²) in [5, 5.41) is 5.75.